The molecule has 0 N–H and O–H groups in total. The highest BCUT2D eigenvalue weighted by atomic mass is 35.5. The molecule has 0 aliphatic carbocycles. The number of halogens is 2. The van der Waals surface area contributed by atoms with Gasteiger partial charge in [0.2, 0.25) is 5.91 Å². The largest absolute Gasteiger partial charge is 0.491 e. The van der Waals surface area contributed by atoms with Crippen LogP contribution in [0.1, 0.15) is 44.2 Å². The van der Waals surface area contributed by atoms with Crippen molar-refractivity contribution in [2.45, 2.75) is 55.9 Å². The molecule has 0 saturated carbocycles. The van der Waals surface area contributed by atoms with Crippen molar-refractivity contribution in [1.82, 2.24) is 4.90 Å². The van der Waals surface area contributed by atoms with Crippen LogP contribution in [-0.4, -0.2) is 45.0 Å². The second kappa shape index (κ2) is 12.7. The highest BCUT2D eigenvalue weighted by Gasteiger charge is 2.39. The monoisotopic (exact) mass is 589 g/mol. The van der Waals surface area contributed by atoms with E-state index < -0.39 is 15.5 Å². The normalized spacial score (nSPS) is 17.8. The summed E-state index contributed by atoms with van der Waals surface area (Å²) in [5.74, 6) is 0.731. The van der Waals surface area contributed by atoms with Gasteiger partial charge in [-0.3, -0.25) is 8.98 Å². The first-order valence-corrected chi connectivity index (χ1v) is 15.2. The second-order valence-corrected chi connectivity index (χ2v) is 12.6. The molecule has 1 aliphatic heterocycles. The summed E-state index contributed by atoms with van der Waals surface area (Å²) in [7, 11) is -3.91. The molecule has 6 nitrogen and oxygen atoms in total. The second-order valence-electron chi connectivity index (χ2n) is 10.2. The molecular formula is C30H33Cl2NO5S. The summed E-state index contributed by atoms with van der Waals surface area (Å²) in [5.41, 5.74) is 1.24. The summed E-state index contributed by atoms with van der Waals surface area (Å²) in [5, 5.41) is 0.850. The predicted octanol–water partition coefficient (Wildman–Crippen LogP) is 6.68. The molecule has 1 heterocycles. The molecule has 1 amide bonds. The van der Waals surface area contributed by atoms with Crippen LogP contribution in [0.15, 0.2) is 77.7 Å². The maximum Gasteiger partial charge on any atom is 0.296 e. The minimum atomic E-state index is -3.91. The Labute approximate surface area is 241 Å². The third-order valence-corrected chi connectivity index (χ3v) is 9.00. The van der Waals surface area contributed by atoms with Gasteiger partial charge in [-0.1, -0.05) is 59.6 Å². The molecule has 4 rings (SSSR count). The first kappa shape index (κ1) is 29.4. The lowest BCUT2D eigenvalue weighted by Gasteiger charge is -2.43. The van der Waals surface area contributed by atoms with Gasteiger partial charge in [-0.25, -0.2) is 0 Å². The van der Waals surface area contributed by atoms with Gasteiger partial charge in [0.25, 0.3) is 10.1 Å². The van der Waals surface area contributed by atoms with E-state index in [-0.39, 0.29) is 29.9 Å². The van der Waals surface area contributed by atoms with E-state index in [1.165, 1.54) is 12.1 Å². The topological polar surface area (TPSA) is 72.9 Å². The van der Waals surface area contributed by atoms with E-state index in [0.29, 0.717) is 29.6 Å². The lowest BCUT2D eigenvalue weighted by molar-refractivity contribution is -0.132. The summed E-state index contributed by atoms with van der Waals surface area (Å²) < 4.78 is 36.7. The molecule has 1 atom stereocenters. The van der Waals surface area contributed by atoms with Crippen molar-refractivity contribution >= 4 is 39.2 Å². The molecule has 0 spiro atoms. The predicted molar refractivity (Wildman–Crippen MR) is 154 cm³/mol. The average molecular weight is 591 g/mol. The van der Waals surface area contributed by atoms with E-state index in [9.17, 15) is 13.2 Å². The number of amides is 1. The lowest BCUT2D eigenvalue weighted by atomic mass is 9.72. The van der Waals surface area contributed by atoms with E-state index in [2.05, 4.69) is 0 Å². The van der Waals surface area contributed by atoms with Crippen LogP contribution < -0.4 is 4.74 Å². The summed E-state index contributed by atoms with van der Waals surface area (Å²) in [4.78, 5) is 15.4. The molecule has 0 aromatic heterocycles. The summed E-state index contributed by atoms with van der Waals surface area (Å²) in [6.07, 6.45) is 2.18. The molecular weight excluding hydrogens is 557 g/mol. The number of nitrogens with zero attached hydrogens (tertiary/aromatic N) is 1. The average Bonchev–Trinajstić information content (AvgIpc) is 2.90. The smallest absolute Gasteiger partial charge is 0.296 e. The molecule has 208 valence electrons. The maximum absolute atomic E-state index is 13.5. The molecule has 1 unspecified atom stereocenters. The number of hydrogen-bond acceptors (Lipinski definition) is 5. The Bertz CT molecular complexity index is 1400. The zero-order valence-corrected chi connectivity index (χ0v) is 24.4. The van der Waals surface area contributed by atoms with Crippen LogP contribution in [0, 0.1) is 0 Å². The third kappa shape index (κ3) is 7.54. The zero-order valence-electron chi connectivity index (χ0n) is 22.1. The van der Waals surface area contributed by atoms with E-state index in [1.54, 1.807) is 24.3 Å². The van der Waals surface area contributed by atoms with Crippen LogP contribution in [-0.2, 0) is 30.9 Å². The number of hydrogen-bond donors (Lipinski definition) is 0. The van der Waals surface area contributed by atoms with Crippen LogP contribution in [0.5, 0.6) is 5.75 Å². The number of piperidine rings is 1. The first-order chi connectivity index (χ1) is 18.6. The number of ether oxygens (including phenoxy) is 1. The number of carbonyl (C=O) groups excluding carboxylic acids is 1. The molecule has 1 fully saturated rings. The van der Waals surface area contributed by atoms with Gasteiger partial charge >= 0.3 is 0 Å². The van der Waals surface area contributed by atoms with Gasteiger partial charge in [0.15, 0.2) is 0 Å². The number of likely N-dealkylation sites (tertiary alicyclic amines) is 1. The van der Waals surface area contributed by atoms with Crippen molar-refractivity contribution in [3.8, 4) is 5.75 Å². The van der Waals surface area contributed by atoms with E-state index in [1.807, 2.05) is 55.1 Å². The lowest BCUT2D eigenvalue weighted by Crippen LogP contribution is -2.49. The zero-order chi connectivity index (χ0) is 28.0. The van der Waals surface area contributed by atoms with Crippen LogP contribution >= 0.6 is 23.2 Å². The summed E-state index contributed by atoms with van der Waals surface area (Å²) in [6.45, 7) is 4.92. The number of rotatable bonds is 10. The molecule has 9 heteroatoms. The Morgan fingerprint density at radius 1 is 1.00 bits per heavy atom. The SMILES string of the molecule is CC(C)Oc1cccc(CC(=O)N2CCCC(CCOS(=O)(=O)c3ccccc3)(c3ccc(Cl)c(Cl)c3)C2)c1. The third-order valence-electron chi connectivity index (χ3n) is 6.94. The maximum atomic E-state index is 13.5. The van der Waals surface area contributed by atoms with E-state index in [4.69, 9.17) is 32.1 Å². The van der Waals surface area contributed by atoms with Gasteiger partial charge in [0.1, 0.15) is 5.75 Å². The van der Waals surface area contributed by atoms with Gasteiger partial charge in [-0.2, -0.15) is 8.42 Å². The Morgan fingerprint density at radius 3 is 2.49 bits per heavy atom. The number of benzene rings is 3. The number of carbonyl (C=O) groups is 1. The van der Waals surface area contributed by atoms with E-state index in [0.717, 1.165) is 29.7 Å². The molecule has 0 bridgehead atoms. The minimum absolute atomic E-state index is 0.00124. The van der Waals surface area contributed by atoms with Gasteiger partial charge in [0.05, 0.1) is 34.1 Å². The highest BCUT2D eigenvalue weighted by molar-refractivity contribution is 7.86. The highest BCUT2D eigenvalue weighted by Crippen LogP contribution is 2.40. The van der Waals surface area contributed by atoms with Gasteiger partial charge < -0.3 is 9.64 Å². The van der Waals surface area contributed by atoms with Crippen LogP contribution in [0.3, 0.4) is 0 Å². The van der Waals surface area contributed by atoms with Gasteiger partial charge in [-0.05, 0) is 80.6 Å². The first-order valence-electron chi connectivity index (χ1n) is 13.0. The van der Waals surface area contributed by atoms with Crippen molar-refractivity contribution < 1.29 is 22.1 Å². The van der Waals surface area contributed by atoms with E-state index >= 15 is 0 Å². The van der Waals surface area contributed by atoms with Crippen LogP contribution in [0.4, 0.5) is 0 Å². The standard InChI is InChI=1S/C30H33Cl2NO5S/c1-22(2)38-25-9-6-8-23(18-25)19-29(34)33-16-7-14-30(21-33,24-12-13-27(31)28(32)20-24)15-17-37-39(35,36)26-10-4-3-5-11-26/h3-6,8-13,18,20,22H,7,14-17,19,21H2,1-2H3. The van der Waals surface area contributed by atoms with Crippen molar-refractivity contribution in [2.75, 3.05) is 19.7 Å². The van der Waals surface area contributed by atoms with Crippen molar-refractivity contribution in [2.24, 2.45) is 0 Å². The quantitative estimate of drug-likeness (QED) is 0.247. The molecule has 1 saturated heterocycles. The van der Waals surface area contributed by atoms with Gasteiger partial charge in [0, 0.05) is 18.5 Å². The molecule has 1 aliphatic rings. The molecule has 0 radical (unpaired) electrons. The van der Waals surface area contributed by atoms with Crippen molar-refractivity contribution in [3.05, 3.63) is 94.0 Å². The van der Waals surface area contributed by atoms with Crippen molar-refractivity contribution in [1.29, 1.82) is 0 Å². The van der Waals surface area contributed by atoms with Gasteiger partial charge in [-0.15, -0.1) is 0 Å². The molecule has 39 heavy (non-hydrogen) atoms. The van der Waals surface area contributed by atoms with Crippen LogP contribution in [0.25, 0.3) is 0 Å². The van der Waals surface area contributed by atoms with Crippen molar-refractivity contribution in [3.63, 3.8) is 0 Å². The Kier molecular flexibility index (Phi) is 9.60. The summed E-state index contributed by atoms with van der Waals surface area (Å²) in [6, 6.07) is 21.1. The molecule has 3 aromatic carbocycles. The Morgan fingerprint density at radius 2 is 1.77 bits per heavy atom. The fourth-order valence-electron chi connectivity index (χ4n) is 5.04. The Hall–Kier alpha value is -2.58. The van der Waals surface area contributed by atoms with Crippen LogP contribution in [0.2, 0.25) is 10.0 Å². The molecule has 3 aromatic rings. The fraction of sp³-hybridized carbons (Fsp3) is 0.367. The Balaban J connectivity index is 1.54. The summed E-state index contributed by atoms with van der Waals surface area (Å²) >= 11 is 12.6. The minimum Gasteiger partial charge on any atom is -0.491 e. The fourth-order valence-corrected chi connectivity index (χ4v) is 6.27.